The zero-order chi connectivity index (χ0) is 14.7. The minimum Gasteiger partial charge on any atom is -0.365 e. The number of aliphatic hydroxyl groups is 1. The van der Waals surface area contributed by atoms with E-state index in [1.165, 1.54) is 0 Å². The molecule has 1 unspecified atom stereocenters. The van der Waals surface area contributed by atoms with Crippen molar-refractivity contribution in [1.29, 1.82) is 0 Å². The first-order chi connectivity index (χ1) is 9.38. The van der Waals surface area contributed by atoms with Crippen LogP contribution in [0.3, 0.4) is 0 Å². The Kier molecular flexibility index (Phi) is 2.53. The monoisotopic (exact) mass is 272 g/mol. The third-order valence-electron chi connectivity index (χ3n) is 4.04. The van der Waals surface area contributed by atoms with Gasteiger partial charge in [-0.3, -0.25) is 9.59 Å². The standard InChI is InChI=1S/C15H16N2O3/c1-8(2)15(20)13-11(14(19)16-15)12(18)9-6-4-5-7-10(9)17(13)3/h4-8,20H,1-3H3,(H,16,19). The largest absolute Gasteiger partial charge is 0.365 e. The van der Waals surface area contributed by atoms with E-state index >= 15 is 0 Å². The number of para-hydroxylation sites is 1. The topological polar surface area (TPSA) is 71.3 Å². The lowest BCUT2D eigenvalue weighted by molar-refractivity contribution is -0.0338. The van der Waals surface area contributed by atoms with E-state index in [0.29, 0.717) is 16.6 Å². The molecule has 1 aromatic carbocycles. The zero-order valence-electron chi connectivity index (χ0n) is 11.6. The Morgan fingerprint density at radius 1 is 1.25 bits per heavy atom. The van der Waals surface area contributed by atoms with E-state index in [0.717, 1.165) is 0 Å². The average molecular weight is 272 g/mol. The number of aromatic nitrogens is 1. The lowest BCUT2D eigenvalue weighted by Gasteiger charge is -2.29. The van der Waals surface area contributed by atoms with E-state index in [9.17, 15) is 14.7 Å². The number of nitrogens with one attached hydrogen (secondary N) is 1. The number of hydrogen-bond donors (Lipinski definition) is 2. The Hall–Kier alpha value is -2.14. The molecule has 0 aliphatic carbocycles. The quantitative estimate of drug-likeness (QED) is 0.816. The van der Waals surface area contributed by atoms with Gasteiger partial charge in [-0.1, -0.05) is 26.0 Å². The number of pyridine rings is 1. The van der Waals surface area contributed by atoms with Crippen LogP contribution in [0, 0.1) is 5.92 Å². The van der Waals surface area contributed by atoms with Crippen molar-refractivity contribution < 1.29 is 9.90 Å². The molecule has 1 aromatic heterocycles. The summed E-state index contributed by atoms with van der Waals surface area (Å²) in [6.45, 7) is 3.60. The van der Waals surface area contributed by atoms with Crippen LogP contribution >= 0.6 is 0 Å². The van der Waals surface area contributed by atoms with Crippen molar-refractivity contribution in [3.05, 3.63) is 45.7 Å². The van der Waals surface area contributed by atoms with Crippen LogP contribution in [0.1, 0.15) is 29.9 Å². The van der Waals surface area contributed by atoms with Gasteiger partial charge in [-0.05, 0) is 12.1 Å². The molecule has 1 atom stereocenters. The molecule has 1 aliphatic heterocycles. The summed E-state index contributed by atoms with van der Waals surface area (Å²) in [7, 11) is 1.76. The molecule has 0 saturated heterocycles. The van der Waals surface area contributed by atoms with Crippen LogP contribution in [0.25, 0.3) is 10.9 Å². The molecule has 2 N–H and O–H groups in total. The highest BCUT2D eigenvalue weighted by Crippen LogP contribution is 2.34. The molecular weight excluding hydrogens is 256 g/mol. The van der Waals surface area contributed by atoms with Crippen molar-refractivity contribution in [3.8, 4) is 0 Å². The van der Waals surface area contributed by atoms with E-state index in [4.69, 9.17) is 0 Å². The molecule has 0 fully saturated rings. The normalized spacial score (nSPS) is 21.4. The van der Waals surface area contributed by atoms with Gasteiger partial charge in [0.25, 0.3) is 5.91 Å². The second-order valence-corrected chi connectivity index (χ2v) is 5.50. The SMILES string of the molecule is CC(C)C1(O)NC(=O)c2c1n(C)c1ccccc1c2=O. The van der Waals surface area contributed by atoms with Crippen molar-refractivity contribution in [2.75, 3.05) is 0 Å². The van der Waals surface area contributed by atoms with E-state index in [1.807, 2.05) is 6.07 Å². The third-order valence-corrected chi connectivity index (χ3v) is 4.04. The van der Waals surface area contributed by atoms with E-state index in [1.54, 1.807) is 43.7 Å². The second-order valence-electron chi connectivity index (χ2n) is 5.50. The molecule has 0 spiro atoms. The highest BCUT2D eigenvalue weighted by atomic mass is 16.3. The Labute approximate surface area is 115 Å². The minimum atomic E-state index is -1.51. The number of aryl methyl sites for hydroxylation is 1. The molecule has 20 heavy (non-hydrogen) atoms. The maximum atomic E-state index is 12.5. The second kappa shape index (κ2) is 3.93. The summed E-state index contributed by atoms with van der Waals surface area (Å²) >= 11 is 0. The van der Waals surface area contributed by atoms with Gasteiger partial charge in [0.15, 0.2) is 5.72 Å². The molecule has 5 heteroatoms. The highest BCUT2D eigenvalue weighted by molar-refractivity contribution is 6.02. The van der Waals surface area contributed by atoms with Crippen molar-refractivity contribution in [2.24, 2.45) is 13.0 Å². The van der Waals surface area contributed by atoms with Crippen LogP contribution in [-0.2, 0) is 12.8 Å². The van der Waals surface area contributed by atoms with Gasteiger partial charge in [-0.15, -0.1) is 0 Å². The Bertz CT molecular complexity index is 792. The number of amides is 1. The third kappa shape index (κ3) is 1.41. The van der Waals surface area contributed by atoms with Gasteiger partial charge in [0.2, 0.25) is 5.43 Å². The molecule has 0 saturated carbocycles. The lowest BCUT2D eigenvalue weighted by atomic mass is 9.95. The van der Waals surface area contributed by atoms with Gasteiger partial charge >= 0.3 is 0 Å². The maximum Gasteiger partial charge on any atom is 0.259 e. The van der Waals surface area contributed by atoms with Crippen molar-refractivity contribution in [1.82, 2.24) is 9.88 Å². The van der Waals surface area contributed by atoms with Gasteiger partial charge in [0, 0.05) is 18.4 Å². The molecule has 5 nitrogen and oxygen atoms in total. The Morgan fingerprint density at radius 3 is 2.55 bits per heavy atom. The number of benzene rings is 1. The lowest BCUT2D eigenvalue weighted by Crippen LogP contribution is -2.45. The first kappa shape index (κ1) is 12.9. The Morgan fingerprint density at radius 2 is 1.90 bits per heavy atom. The number of nitrogens with zero attached hydrogens (tertiary/aromatic N) is 1. The summed E-state index contributed by atoms with van der Waals surface area (Å²) < 4.78 is 1.73. The number of carbonyl (C=O) groups is 1. The van der Waals surface area contributed by atoms with E-state index < -0.39 is 11.6 Å². The molecule has 0 radical (unpaired) electrons. The van der Waals surface area contributed by atoms with Gasteiger partial charge in [-0.2, -0.15) is 0 Å². The number of hydrogen-bond acceptors (Lipinski definition) is 3. The van der Waals surface area contributed by atoms with E-state index in [2.05, 4.69) is 5.32 Å². The Balaban J connectivity index is 2.53. The number of carbonyl (C=O) groups excluding carboxylic acids is 1. The van der Waals surface area contributed by atoms with Gasteiger partial charge < -0.3 is 15.0 Å². The minimum absolute atomic E-state index is 0.0439. The predicted molar refractivity (Wildman–Crippen MR) is 75.4 cm³/mol. The summed E-state index contributed by atoms with van der Waals surface area (Å²) in [5, 5.41) is 13.8. The summed E-state index contributed by atoms with van der Waals surface area (Å²) in [4.78, 5) is 24.6. The van der Waals surface area contributed by atoms with Crippen molar-refractivity contribution >= 4 is 16.8 Å². The summed E-state index contributed by atoms with van der Waals surface area (Å²) in [6.07, 6.45) is 0. The van der Waals surface area contributed by atoms with Gasteiger partial charge in [-0.25, -0.2) is 0 Å². The zero-order valence-corrected chi connectivity index (χ0v) is 11.6. The average Bonchev–Trinajstić information content (AvgIpc) is 2.69. The molecular formula is C15H16N2O3. The van der Waals surface area contributed by atoms with Crippen LogP contribution < -0.4 is 10.7 Å². The van der Waals surface area contributed by atoms with Crippen molar-refractivity contribution in [2.45, 2.75) is 19.6 Å². The summed E-state index contributed by atoms with van der Waals surface area (Å²) in [6, 6.07) is 7.09. The molecule has 104 valence electrons. The fourth-order valence-electron chi connectivity index (χ4n) is 2.86. The van der Waals surface area contributed by atoms with Crippen LogP contribution in [0.4, 0.5) is 0 Å². The number of rotatable bonds is 1. The smallest absolute Gasteiger partial charge is 0.259 e. The fourth-order valence-corrected chi connectivity index (χ4v) is 2.86. The maximum absolute atomic E-state index is 12.5. The number of fused-ring (bicyclic) bond motifs is 2. The predicted octanol–water partition coefficient (Wildman–Crippen LogP) is 1.08. The first-order valence-corrected chi connectivity index (χ1v) is 6.55. The molecule has 2 aromatic rings. The van der Waals surface area contributed by atoms with Crippen LogP contribution in [0.5, 0.6) is 0 Å². The highest BCUT2D eigenvalue weighted by Gasteiger charge is 2.47. The van der Waals surface area contributed by atoms with Crippen LogP contribution in [0.15, 0.2) is 29.1 Å². The molecule has 0 bridgehead atoms. The van der Waals surface area contributed by atoms with E-state index in [-0.39, 0.29) is 16.9 Å². The van der Waals surface area contributed by atoms with Crippen LogP contribution in [0.2, 0.25) is 0 Å². The summed E-state index contributed by atoms with van der Waals surface area (Å²) in [5.74, 6) is -0.762. The molecule has 3 rings (SSSR count). The van der Waals surface area contributed by atoms with Gasteiger partial charge in [0.05, 0.1) is 11.2 Å². The molecule has 2 heterocycles. The summed E-state index contributed by atoms with van der Waals surface area (Å²) in [5.41, 5.74) is -0.747. The van der Waals surface area contributed by atoms with Crippen LogP contribution in [-0.4, -0.2) is 15.6 Å². The van der Waals surface area contributed by atoms with Gasteiger partial charge in [0.1, 0.15) is 5.56 Å². The fraction of sp³-hybridized carbons (Fsp3) is 0.333. The molecule has 1 amide bonds. The first-order valence-electron chi connectivity index (χ1n) is 6.55. The van der Waals surface area contributed by atoms with Crippen molar-refractivity contribution in [3.63, 3.8) is 0 Å². The molecule has 1 aliphatic rings.